The zero-order chi connectivity index (χ0) is 19.8. The molecule has 4 nitrogen and oxygen atoms in total. The molecule has 0 saturated heterocycles. The number of halogens is 2. The van der Waals surface area contributed by atoms with E-state index in [1.54, 1.807) is 23.5 Å². The molecule has 1 aromatic heterocycles. The predicted molar refractivity (Wildman–Crippen MR) is 110 cm³/mol. The number of nitrogens with two attached hydrogens (primary N) is 1. The summed E-state index contributed by atoms with van der Waals surface area (Å²) in [6, 6.07) is 7.80. The maximum absolute atomic E-state index is 12.6. The van der Waals surface area contributed by atoms with Gasteiger partial charge in [0.2, 0.25) is 5.91 Å². The van der Waals surface area contributed by atoms with Gasteiger partial charge in [0.15, 0.2) is 0 Å². The van der Waals surface area contributed by atoms with Crippen molar-refractivity contribution in [2.24, 2.45) is 5.73 Å². The van der Waals surface area contributed by atoms with Crippen LogP contribution in [0.5, 0.6) is 0 Å². The number of primary amides is 1. The van der Waals surface area contributed by atoms with Gasteiger partial charge in [0.1, 0.15) is 12.3 Å². The zero-order valence-electron chi connectivity index (χ0n) is 16.4. The molecule has 3 rings (SSSR count). The molecule has 1 amide bonds. The van der Waals surface area contributed by atoms with E-state index in [2.05, 4.69) is 20.9 Å². The molecule has 0 radical (unpaired) electrons. The highest BCUT2D eigenvalue weighted by molar-refractivity contribution is 7.12. The molecule has 28 heavy (non-hydrogen) atoms. The van der Waals surface area contributed by atoms with E-state index < -0.39 is 5.91 Å². The Labute approximate surface area is 192 Å². The van der Waals surface area contributed by atoms with Crippen molar-refractivity contribution in [3.8, 4) is 0 Å². The fourth-order valence-electron chi connectivity index (χ4n) is 3.66. The van der Waals surface area contributed by atoms with Crippen LogP contribution in [0.3, 0.4) is 0 Å². The highest BCUT2D eigenvalue weighted by Crippen LogP contribution is 2.36. The molecule has 2 heterocycles. The van der Waals surface area contributed by atoms with E-state index in [1.807, 2.05) is 12.1 Å². The molecule has 0 saturated carbocycles. The first kappa shape index (κ1) is 23.3. The van der Waals surface area contributed by atoms with Gasteiger partial charge in [0.05, 0.1) is 30.1 Å². The van der Waals surface area contributed by atoms with Crippen LogP contribution in [-0.4, -0.2) is 35.8 Å². The van der Waals surface area contributed by atoms with Gasteiger partial charge in [0, 0.05) is 29.2 Å². The highest BCUT2D eigenvalue weighted by atomic mass is 127. The van der Waals surface area contributed by atoms with Crippen LogP contribution in [0.15, 0.2) is 24.3 Å². The fourth-order valence-corrected chi connectivity index (χ4v) is 5.33. The van der Waals surface area contributed by atoms with E-state index in [0.29, 0.717) is 23.0 Å². The number of carbonyl (C=O) groups is 2. The first-order valence-electron chi connectivity index (χ1n) is 9.23. The Bertz CT molecular complexity index is 879. The van der Waals surface area contributed by atoms with E-state index in [9.17, 15) is 9.59 Å². The van der Waals surface area contributed by atoms with E-state index >= 15 is 0 Å². The molecule has 1 aromatic carbocycles. The summed E-state index contributed by atoms with van der Waals surface area (Å²) in [5.41, 5.74) is 8.28. The van der Waals surface area contributed by atoms with Crippen LogP contribution in [0.2, 0.25) is 5.02 Å². The molecule has 1 aliphatic heterocycles. The topological polar surface area (TPSA) is 60.2 Å². The third-order valence-corrected chi connectivity index (χ3v) is 7.18. The molecule has 0 spiro atoms. The maximum atomic E-state index is 12.6. The minimum Gasteiger partial charge on any atom is -1.00 e. The van der Waals surface area contributed by atoms with E-state index in [0.717, 1.165) is 40.0 Å². The summed E-state index contributed by atoms with van der Waals surface area (Å²) < 4.78 is 0.948. The number of nitrogens with zero attached hydrogens (tertiary/aromatic N) is 1. The van der Waals surface area contributed by atoms with Crippen LogP contribution in [-0.2, 0) is 30.6 Å². The van der Waals surface area contributed by atoms with Gasteiger partial charge in [-0.05, 0) is 37.1 Å². The Morgan fingerprint density at radius 1 is 1.21 bits per heavy atom. The Morgan fingerprint density at radius 3 is 2.43 bits per heavy atom. The van der Waals surface area contributed by atoms with Gasteiger partial charge in [-0.1, -0.05) is 23.7 Å². The first-order chi connectivity index (χ1) is 12.7. The van der Waals surface area contributed by atoms with Crippen molar-refractivity contribution in [3.63, 3.8) is 0 Å². The number of quaternary nitrogens is 1. The summed E-state index contributed by atoms with van der Waals surface area (Å²) >= 11 is 7.49. The largest absolute Gasteiger partial charge is 1.00 e. The van der Waals surface area contributed by atoms with E-state index in [1.165, 1.54) is 4.88 Å². The van der Waals surface area contributed by atoms with Crippen molar-refractivity contribution in [1.82, 2.24) is 0 Å². The van der Waals surface area contributed by atoms with Gasteiger partial charge in [-0.2, -0.15) is 0 Å². The summed E-state index contributed by atoms with van der Waals surface area (Å²) in [7, 11) is 2.25. The number of benzene rings is 1. The molecule has 152 valence electrons. The standard InChI is InChI=1S/C21H25ClN2O2S.HI/c1-13(2)24(3)9-8-17-19(12-24)27-18(20(17)21(23)26)11-16(25)10-14-4-6-15(22)7-5-14;/h4-7,13H,8-12H2,1-3H3,(H-,23,26);1H. The van der Waals surface area contributed by atoms with Gasteiger partial charge < -0.3 is 34.2 Å². The summed E-state index contributed by atoms with van der Waals surface area (Å²) in [6.45, 7) is 6.33. The third kappa shape index (κ3) is 4.96. The molecule has 1 aliphatic rings. The summed E-state index contributed by atoms with van der Waals surface area (Å²) in [6.07, 6.45) is 1.42. The number of amides is 1. The number of likely N-dealkylation sites (N-methyl/N-ethyl adjacent to an activating group) is 1. The molecule has 1 unspecified atom stereocenters. The second-order valence-corrected chi connectivity index (χ2v) is 9.52. The molecule has 0 bridgehead atoms. The summed E-state index contributed by atoms with van der Waals surface area (Å²) in [4.78, 5) is 26.8. The summed E-state index contributed by atoms with van der Waals surface area (Å²) in [5.74, 6) is -0.332. The van der Waals surface area contributed by atoms with Crippen molar-refractivity contribution in [1.29, 1.82) is 0 Å². The fraction of sp³-hybridized carbons (Fsp3) is 0.429. The quantitative estimate of drug-likeness (QED) is 0.441. The second-order valence-electron chi connectivity index (χ2n) is 7.89. The Kier molecular flexibility index (Phi) is 7.69. The summed E-state index contributed by atoms with van der Waals surface area (Å²) in [5, 5.41) is 0.652. The van der Waals surface area contributed by atoms with E-state index in [-0.39, 0.29) is 36.2 Å². The SMILES string of the molecule is CC(C)[N+]1(C)CCc2c(sc(CC(=O)Cc3ccc(Cl)cc3)c2C(N)=O)C1.[I-]. The number of fused-ring (bicyclic) bond motifs is 1. The van der Waals surface area contributed by atoms with Crippen LogP contribution in [0.25, 0.3) is 0 Å². The minimum atomic E-state index is -0.414. The minimum absolute atomic E-state index is 0. The zero-order valence-corrected chi connectivity index (χ0v) is 20.2. The third-order valence-electron chi connectivity index (χ3n) is 5.71. The predicted octanol–water partition coefficient (Wildman–Crippen LogP) is 0.770. The Hall–Kier alpha value is -0.960. The lowest BCUT2D eigenvalue weighted by Crippen LogP contribution is -3.00. The molecular formula is C21H26ClIN2O2S. The average molecular weight is 533 g/mol. The number of rotatable bonds is 6. The van der Waals surface area contributed by atoms with Gasteiger partial charge in [-0.15, -0.1) is 11.3 Å². The van der Waals surface area contributed by atoms with E-state index in [4.69, 9.17) is 17.3 Å². The van der Waals surface area contributed by atoms with Crippen LogP contribution >= 0.6 is 22.9 Å². The molecule has 2 aromatic rings. The lowest BCUT2D eigenvalue weighted by molar-refractivity contribution is -0.943. The average Bonchev–Trinajstić information content (AvgIpc) is 2.93. The first-order valence-corrected chi connectivity index (χ1v) is 10.4. The van der Waals surface area contributed by atoms with Crippen LogP contribution < -0.4 is 29.7 Å². The number of Topliss-reactive ketones (excluding diaryl/α,β-unsaturated/α-hetero) is 1. The monoisotopic (exact) mass is 532 g/mol. The molecule has 1 atom stereocenters. The Balaban J connectivity index is 0.00000280. The highest BCUT2D eigenvalue weighted by Gasteiger charge is 2.36. The molecule has 7 heteroatoms. The van der Waals surface area contributed by atoms with Crippen LogP contribution in [0.4, 0.5) is 0 Å². The van der Waals surface area contributed by atoms with Crippen molar-refractivity contribution in [3.05, 3.63) is 55.7 Å². The van der Waals surface area contributed by atoms with Crippen LogP contribution in [0.1, 0.15) is 45.1 Å². The smallest absolute Gasteiger partial charge is 0.250 e. The van der Waals surface area contributed by atoms with Gasteiger partial charge in [-0.3, -0.25) is 9.59 Å². The number of carbonyl (C=O) groups excluding carboxylic acids is 2. The molecule has 2 N–H and O–H groups in total. The maximum Gasteiger partial charge on any atom is 0.250 e. The van der Waals surface area contributed by atoms with Crippen LogP contribution in [0, 0.1) is 0 Å². The van der Waals surface area contributed by atoms with Gasteiger partial charge in [-0.25, -0.2) is 0 Å². The number of ketones is 1. The molecular weight excluding hydrogens is 507 g/mol. The second kappa shape index (κ2) is 9.24. The van der Waals surface area contributed by atoms with Gasteiger partial charge in [0.25, 0.3) is 0 Å². The molecule has 0 aliphatic carbocycles. The van der Waals surface area contributed by atoms with Gasteiger partial charge >= 0.3 is 0 Å². The van der Waals surface area contributed by atoms with Crippen molar-refractivity contribution < 1.29 is 38.0 Å². The lowest BCUT2D eigenvalue weighted by atomic mass is 9.96. The lowest BCUT2D eigenvalue weighted by Gasteiger charge is -2.41. The number of hydrogen-bond donors (Lipinski definition) is 1. The Morgan fingerprint density at radius 2 is 1.86 bits per heavy atom. The molecule has 0 fully saturated rings. The van der Waals surface area contributed by atoms with Crippen molar-refractivity contribution in [2.75, 3.05) is 13.6 Å². The van der Waals surface area contributed by atoms with Crippen molar-refractivity contribution in [2.45, 2.75) is 45.7 Å². The number of thiophene rings is 1. The normalized spacial score (nSPS) is 18.5. The van der Waals surface area contributed by atoms with Crippen molar-refractivity contribution >= 4 is 34.6 Å². The number of hydrogen-bond acceptors (Lipinski definition) is 3.